The molecule has 2 aromatic heterocycles. The van der Waals surface area contributed by atoms with Crippen LogP contribution in [0.15, 0.2) is 29.9 Å². The van der Waals surface area contributed by atoms with Crippen molar-refractivity contribution < 1.29 is 9.90 Å². The highest BCUT2D eigenvalue weighted by molar-refractivity contribution is 7.11. The third-order valence-corrected chi connectivity index (χ3v) is 3.58. The van der Waals surface area contributed by atoms with Gasteiger partial charge in [-0.3, -0.25) is 4.98 Å². The topological polar surface area (TPSA) is 66.3 Å². The third-order valence-electron chi connectivity index (χ3n) is 2.70. The van der Waals surface area contributed by atoms with Crippen LogP contribution in [0.1, 0.15) is 21.1 Å². The number of rotatable bonds is 6. The van der Waals surface area contributed by atoms with Gasteiger partial charge in [0.1, 0.15) is 0 Å². The summed E-state index contributed by atoms with van der Waals surface area (Å²) in [7, 11) is 2.00. The average molecular weight is 277 g/mol. The summed E-state index contributed by atoms with van der Waals surface area (Å²) in [6.07, 6.45) is 4.51. The smallest absolute Gasteiger partial charge is 0.365 e. The van der Waals surface area contributed by atoms with Gasteiger partial charge in [-0.15, -0.1) is 11.3 Å². The van der Waals surface area contributed by atoms with Crippen LogP contribution in [0.3, 0.4) is 0 Å². The number of hydrogen-bond acceptors (Lipinski definition) is 5. The lowest BCUT2D eigenvalue weighted by atomic mass is 10.2. The molecule has 1 N–H and O–H groups in total. The summed E-state index contributed by atoms with van der Waals surface area (Å²) < 4.78 is 0. The van der Waals surface area contributed by atoms with Crippen LogP contribution in [0.5, 0.6) is 0 Å². The summed E-state index contributed by atoms with van der Waals surface area (Å²) in [6, 6.07) is 4.00. The Bertz CT molecular complexity index is 542. The van der Waals surface area contributed by atoms with Gasteiger partial charge in [-0.05, 0) is 31.2 Å². The molecule has 2 aromatic rings. The van der Waals surface area contributed by atoms with E-state index in [1.54, 1.807) is 17.8 Å². The SMILES string of the molecule is CN(CCc1ccncc1)Cc1csc(C(=O)O)n1. The van der Waals surface area contributed by atoms with E-state index in [0.29, 0.717) is 6.54 Å². The molecule has 6 heteroatoms. The molecule has 0 radical (unpaired) electrons. The Hall–Kier alpha value is -1.79. The minimum Gasteiger partial charge on any atom is -0.476 e. The van der Waals surface area contributed by atoms with Crippen molar-refractivity contribution in [1.29, 1.82) is 0 Å². The molecule has 0 spiro atoms. The lowest BCUT2D eigenvalue weighted by Crippen LogP contribution is -2.21. The molecule has 19 heavy (non-hydrogen) atoms. The van der Waals surface area contributed by atoms with E-state index in [1.165, 1.54) is 16.9 Å². The van der Waals surface area contributed by atoms with Gasteiger partial charge in [-0.1, -0.05) is 0 Å². The first kappa shape index (κ1) is 13.6. The second kappa shape index (κ2) is 6.40. The second-order valence-electron chi connectivity index (χ2n) is 4.29. The van der Waals surface area contributed by atoms with Gasteiger partial charge >= 0.3 is 5.97 Å². The van der Waals surface area contributed by atoms with E-state index < -0.39 is 5.97 Å². The van der Waals surface area contributed by atoms with Crippen molar-refractivity contribution in [3.8, 4) is 0 Å². The first-order valence-electron chi connectivity index (χ1n) is 5.90. The first-order chi connectivity index (χ1) is 9.15. The predicted octanol–water partition coefficient (Wildman–Crippen LogP) is 1.91. The highest BCUT2D eigenvalue weighted by Crippen LogP contribution is 2.11. The fourth-order valence-corrected chi connectivity index (χ4v) is 2.35. The largest absolute Gasteiger partial charge is 0.476 e. The standard InChI is InChI=1S/C13H15N3O2S/c1-16(7-4-10-2-5-14-6-3-10)8-11-9-19-12(15-11)13(17)18/h2-3,5-6,9H,4,7-8H2,1H3,(H,17,18). The maximum Gasteiger partial charge on any atom is 0.365 e. The van der Waals surface area contributed by atoms with Crippen molar-refractivity contribution in [1.82, 2.24) is 14.9 Å². The van der Waals surface area contributed by atoms with Crippen LogP contribution in [0.25, 0.3) is 0 Å². The van der Waals surface area contributed by atoms with Gasteiger partial charge in [0.15, 0.2) is 0 Å². The Labute approximate surface area is 115 Å². The van der Waals surface area contributed by atoms with Crippen LogP contribution in [-0.2, 0) is 13.0 Å². The van der Waals surface area contributed by atoms with Crippen LogP contribution >= 0.6 is 11.3 Å². The lowest BCUT2D eigenvalue weighted by molar-refractivity contribution is 0.0696. The third kappa shape index (κ3) is 4.11. The Morgan fingerprint density at radius 2 is 2.16 bits per heavy atom. The second-order valence-corrected chi connectivity index (χ2v) is 5.15. The van der Waals surface area contributed by atoms with Gasteiger partial charge in [-0.2, -0.15) is 0 Å². The van der Waals surface area contributed by atoms with Crippen molar-refractivity contribution in [2.45, 2.75) is 13.0 Å². The van der Waals surface area contributed by atoms with E-state index in [0.717, 1.165) is 18.7 Å². The summed E-state index contributed by atoms with van der Waals surface area (Å²) in [5, 5.41) is 10.8. The van der Waals surface area contributed by atoms with Gasteiger partial charge in [0, 0.05) is 30.9 Å². The normalized spacial score (nSPS) is 10.8. The maximum atomic E-state index is 10.7. The molecule has 0 aliphatic carbocycles. The van der Waals surface area contributed by atoms with Crippen LogP contribution < -0.4 is 0 Å². The van der Waals surface area contributed by atoms with E-state index in [9.17, 15) is 4.79 Å². The zero-order valence-corrected chi connectivity index (χ0v) is 11.4. The lowest BCUT2D eigenvalue weighted by Gasteiger charge is -2.14. The van der Waals surface area contributed by atoms with Crippen molar-refractivity contribution in [2.24, 2.45) is 0 Å². The molecular weight excluding hydrogens is 262 g/mol. The number of pyridine rings is 1. The Morgan fingerprint density at radius 3 is 2.79 bits per heavy atom. The molecule has 0 amide bonds. The number of hydrogen-bond donors (Lipinski definition) is 1. The molecule has 0 aliphatic rings. The van der Waals surface area contributed by atoms with Crippen LogP contribution in [0, 0.1) is 0 Å². The highest BCUT2D eigenvalue weighted by atomic mass is 32.1. The molecule has 2 rings (SSSR count). The Morgan fingerprint density at radius 1 is 1.42 bits per heavy atom. The van der Waals surface area contributed by atoms with E-state index in [1.807, 2.05) is 19.2 Å². The van der Waals surface area contributed by atoms with Crippen molar-refractivity contribution in [3.05, 3.63) is 46.2 Å². The fraction of sp³-hybridized carbons (Fsp3) is 0.308. The highest BCUT2D eigenvalue weighted by Gasteiger charge is 2.10. The minimum absolute atomic E-state index is 0.150. The van der Waals surface area contributed by atoms with Crippen LogP contribution in [0.2, 0.25) is 0 Å². The molecule has 0 saturated heterocycles. The first-order valence-corrected chi connectivity index (χ1v) is 6.78. The van der Waals surface area contributed by atoms with Gasteiger partial charge in [0.25, 0.3) is 0 Å². The van der Waals surface area contributed by atoms with Gasteiger partial charge in [0.2, 0.25) is 5.01 Å². The van der Waals surface area contributed by atoms with Crippen LogP contribution in [0.4, 0.5) is 0 Å². The van der Waals surface area contributed by atoms with Crippen molar-refractivity contribution in [3.63, 3.8) is 0 Å². The number of aromatic carboxylic acids is 1. The molecular formula is C13H15N3O2S. The summed E-state index contributed by atoms with van der Waals surface area (Å²) in [5.41, 5.74) is 2.05. The predicted molar refractivity (Wildman–Crippen MR) is 73.3 cm³/mol. The van der Waals surface area contributed by atoms with E-state index in [2.05, 4.69) is 14.9 Å². The molecule has 100 valence electrons. The Kier molecular flexibility index (Phi) is 4.59. The summed E-state index contributed by atoms with van der Waals surface area (Å²) in [6.45, 7) is 1.55. The minimum atomic E-state index is -0.962. The maximum absolute atomic E-state index is 10.7. The molecule has 0 aliphatic heterocycles. The molecule has 0 atom stereocenters. The number of carbonyl (C=O) groups is 1. The molecule has 0 aromatic carbocycles. The van der Waals surface area contributed by atoms with E-state index >= 15 is 0 Å². The summed E-state index contributed by atoms with van der Waals surface area (Å²) in [5.74, 6) is -0.962. The van der Waals surface area contributed by atoms with Crippen molar-refractivity contribution >= 4 is 17.3 Å². The van der Waals surface area contributed by atoms with Gasteiger partial charge in [-0.25, -0.2) is 9.78 Å². The average Bonchev–Trinajstić information content (AvgIpc) is 2.86. The number of likely N-dealkylation sites (N-methyl/N-ethyl adjacent to an activating group) is 1. The number of carboxylic acid groups (broad SMARTS) is 1. The molecule has 2 heterocycles. The zero-order valence-electron chi connectivity index (χ0n) is 10.6. The molecule has 5 nitrogen and oxygen atoms in total. The number of aromatic nitrogens is 2. The number of nitrogens with zero attached hydrogens (tertiary/aromatic N) is 3. The zero-order chi connectivity index (χ0) is 13.7. The molecule has 0 fully saturated rings. The quantitative estimate of drug-likeness (QED) is 0.873. The molecule has 0 saturated carbocycles. The van der Waals surface area contributed by atoms with Gasteiger partial charge < -0.3 is 10.0 Å². The number of thiazole rings is 1. The monoisotopic (exact) mass is 277 g/mol. The molecule has 0 bridgehead atoms. The van der Waals surface area contributed by atoms with Crippen LogP contribution in [-0.4, -0.2) is 39.5 Å². The molecule has 0 unspecified atom stereocenters. The summed E-state index contributed by atoms with van der Waals surface area (Å²) >= 11 is 1.17. The fourth-order valence-electron chi connectivity index (χ4n) is 1.70. The van der Waals surface area contributed by atoms with Crippen molar-refractivity contribution in [2.75, 3.05) is 13.6 Å². The van der Waals surface area contributed by atoms with Gasteiger partial charge in [0.05, 0.1) is 5.69 Å². The number of carboxylic acids is 1. The Balaban J connectivity index is 1.83. The summed E-state index contributed by atoms with van der Waals surface area (Å²) in [4.78, 5) is 20.9. The van der Waals surface area contributed by atoms with E-state index in [4.69, 9.17) is 5.11 Å². The van der Waals surface area contributed by atoms with E-state index in [-0.39, 0.29) is 5.01 Å².